The molecule has 0 rings (SSSR count). The molecule has 0 aliphatic rings. The van der Waals surface area contributed by atoms with Gasteiger partial charge >= 0.3 is 12.0 Å². The second kappa shape index (κ2) is 8.74. The summed E-state index contributed by atoms with van der Waals surface area (Å²) < 4.78 is 9.82. The summed E-state index contributed by atoms with van der Waals surface area (Å²) in [6, 6.07) is -2.01. The number of nitrogens with one attached hydrogen (secondary N) is 2. The van der Waals surface area contributed by atoms with E-state index in [1.165, 1.54) is 14.2 Å². The summed E-state index contributed by atoms with van der Waals surface area (Å²) in [6.07, 6.45) is -0.317. The van der Waals surface area contributed by atoms with E-state index < -0.39 is 24.6 Å². The van der Waals surface area contributed by atoms with Gasteiger partial charge in [0, 0.05) is 20.8 Å². The van der Waals surface area contributed by atoms with Crippen molar-refractivity contribution in [2.75, 3.05) is 34.0 Å². The van der Waals surface area contributed by atoms with Gasteiger partial charge in [-0.2, -0.15) is 0 Å². The fraction of sp³-hybridized carbons (Fsp3) is 0.778. The lowest BCUT2D eigenvalue weighted by Gasteiger charge is -2.17. The number of aliphatic hydroxyl groups excluding tert-OH is 1. The van der Waals surface area contributed by atoms with Gasteiger partial charge < -0.3 is 30.3 Å². The molecule has 0 spiro atoms. The second-order valence-electron chi connectivity index (χ2n) is 3.24. The van der Waals surface area contributed by atoms with Crippen LogP contribution in [0.25, 0.3) is 0 Å². The number of aliphatic hydroxyl groups is 1. The van der Waals surface area contributed by atoms with E-state index in [9.17, 15) is 9.59 Å². The van der Waals surface area contributed by atoms with Crippen LogP contribution in [0.4, 0.5) is 4.79 Å². The average molecular weight is 250 g/mol. The van der Waals surface area contributed by atoms with Gasteiger partial charge in [0.05, 0.1) is 19.3 Å². The van der Waals surface area contributed by atoms with E-state index in [0.29, 0.717) is 6.61 Å². The molecule has 0 bridgehead atoms. The van der Waals surface area contributed by atoms with Crippen LogP contribution in [-0.4, -0.2) is 68.3 Å². The van der Waals surface area contributed by atoms with Crippen molar-refractivity contribution in [1.29, 1.82) is 0 Å². The molecule has 2 atom stereocenters. The lowest BCUT2D eigenvalue weighted by molar-refractivity contribution is -0.140. The lowest BCUT2D eigenvalue weighted by Crippen LogP contribution is -2.49. The fourth-order valence-corrected chi connectivity index (χ4v) is 0.997. The molecule has 2 amide bonds. The normalized spacial score (nSPS) is 13.8. The largest absolute Gasteiger partial charge is 0.480 e. The molecule has 0 aliphatic carbocycles. The van der Waals surface area contributed by atoms with E-state index >= 15 is 0 Å². The molecule has 100 valence electrons. The fourth-order valence-electron chi connectivity index (χ4n) is 0.997. The van der Waals surface area contributed by atoms with Gasteiger partial charge in [0.2, 0.25) is 0 Å². The highest BCUT2D eigenvalue weighted by Gasteiger charge is 2.19. The zero-order valence-corrected chi connectivity index (χ0v) is 9.80. The van der Waals surface area contributed by atoms with E-state index in [1.54, 1.807) is 0 Å². The Kier molecular flexibility index (Phi) is 8.03. The number of carboxylic acids is 1. The van der Waals surface area contributed by atoms with Crippen molar-refractivity contribution in [3.8, 4) is 0 Å². The quantitative estimate of drug-likeness (QED) is 0.412. The van der Waals surface area contributed by atoms with Crippen molar-refractivity contribution in [3.63, 3.8) is 0 Å². The molecule has 0 heterocycles. The topological polar surface area (TPSA) is 117 Å². The molecule has 0 radical (unpaired) electrons. The van der Waals surface area contributed by atoms with Crippen molar-refractivity contribution in [2.45, 2.75) is 12.1 Å². The van der Waals surface area contributed by atoms with Crippen LogP contribution in [0.3, 0.4) is 0 Å². The van der Waals surface area contributed by atoms with Crippen LogP contribution in [0.15, 0.2) is 0 Å². The number of aliphatic carboxylic acids is 1. The van der Waals surface area contributed by atoms with Crippen LogP contribution < -0.4 is 10.6 Å². The maximum atomic E-state index is 11.2. The average Bonchev–Trinajstić information content (AvgIpc) is 2.30. The van der Waals surface area contributed by atoms with Gasteiger partial charge in [-0.25, -0.2) is 9.59 Å². The van der Waals surface area contributed by atoms with Gasteiger partial charge in [0.25, 0.3) is 0 Å². The Hall–Kier alpha value is -1.38. The number of carboxylic acid groups (broad SMARTS) is 1. The van der Waals surface area contributed by atoms with Crippen LogP contribution in [-0.2, 0) is 14.3 Å². The van der Waals surface area contributed by atoms with Crippen molar-refractivity contribution >= 4 is 12.0 Å². The standard InChI is InChI=1S/C9H18N2O6/c1-16-5-6(17-2)3-10-9(15)11-7(4-12)8(13)14/h6-7,12H,3-5H2,1-2H3,(H,13,14)(H2,10,11,15)/t6?,7-/m0/s1. The van der Waals surface area contributed by atoms with E-state index in [-0.39, 0.29) is 12.6 Å². The first-order chi connectivity index (χ1) is 8.04. The molecule has 0 saturated carbocycles. The third kappa shape index (κ3) is 6.72. The van der Waals surface area contributed by atoms with Crippen molar-refractivity contribution in [2.24, 2.45) is 0 Å². The first kappa shape index (κ1) is 15.6. The minimum atomic E-state index is -1.32. The molecule has 8 nitrogen and oxygen atoms in total. The molecular weight excluding hydrogens is 232 g/mol. The number of hydrogen-bond acceptors (Lipinski definition) is 5. The van der Waals surface area contributed by atoms with Gasteiger partial charge in [-0.3, -0.25) is 0 Å². The Balaban J connectivity index is 3.96. The Labute approximate surface area is 98.9 Å². The minimum Gasteiger partial charge on any atom is -0.480 e. The number of amides is 2. The molecule has 0 saturated heterocycles. The molecule has 17 heavy (non-hydrogen) atoms. The van der Waals surface area contributed by atoms with Crippen molar-refractivity contribution < 1.29 is 29.3 Å². The number of rotatable bonds is 8. The Morgan fingerprint density at radius 1 is 1.35 bits per heavy atom. The van der Waals surface area contributed by atoms with Gasteiger partial charge in [0.1, 0.15) is 0 Å². The smallest absolute Gasteiger partial charge is 0.328 e. The van der Waals surface area contributed by atoms with Crippen LogP contribution in [0, 0.1) is 0 Å². The Morgan fingerprint density at radius 2 is 2.00 bits per heavy atom. The second-order valence-corrected chi connectivity index (χ2v) is 3.24. The maximum absolute atomic E-state index is 11.2. The summed E-state index contributed by atoms with van der Waals surface area (Å²) >= 11 is 0. The predicted molar refractivity (Wildman–Crippen MR) is 57.7 cm³/mol. The van der Waals surface area contributed by atoms with Gasteiger partial charge in [-0.15, -0.1) is 0 Å². The molecule has 8 heteroatoms. The third-order valence-electron chi connectivity index (χ3n) is 1.96. The highest BCUT2D eigenvalue weighted by molar-refractivity contribution is 5.82. The van der Waals surface area contributed by atoms with Gasteiger partial charge in [-0.1, -0.05) is 0 Å². The molecule has 4 N–H and O–H groups in total. The summed E-state index contributed by atoms with van der Waals surface area (Å²) in [7, 11) is 2.97. The highest BCUT2D eigenvalue weighted by atomic mass is 16.5. The van der Waals surface area contributed by atoms with E-state index in [4.69, 9.17) is 19.7 Å². The number of ether oxygens (including phenoxy) is 2. The Bertz CT molecular complexity index is 248. The highest BCUT2D eigenvalue weighted by Crippen LogP contribution is 1.89. The molecule has 0 fully saturated rings. The number of carbonyl (C=O) groups excluding carboxylic acids is 1. The minimum absolute atomic E-state index is 0.175. The number of methoxy groups -OCH3 is 2. The molecule has 0 aromatic heterocycles. The lowest BCUT2D eigenvalue weighted by atomic mass is 10.3. The van der Waals surface area contributed by atoms with Crippen LogP contribution in [0.5, 0.6) is 0 Å². The first-order valence-corrected chi connectivity index (χ1v) is 4.94. The monoisotopic (exact) mass is 250 g/mol. The Morgan fingerprint density at radius 3 is 2.41 bits per heavy atom. The van der Waals surface area contributed by atoms with Crippen LogP contribution in [0.2, 0.25) is 0 Å². The zero-order chi connectivity index (χ0) is 13.3. The molecule has 0 aliphatic heterocycles. The van der Waals surface area contributed by atoms with E-state index in [0.717, 1.165) is 0 Å². The molecule has 0 aromatic carbocycles. The maximum Gasteiger partial charge on any atom is 0.328 e. The summed E-state index contributed by atoms with van der Waals surface area (Å²) in [5.74, 6) is -1.30. The number of hydrogen-bond donors (Lipinski definition) is 4. The van der Waals surface area contributed by atoms with Gasteiger partial charge in [-0.05, 0) is 0 Å². The summed E-state index contributed by atoms with van der Waals surface area (Å²) in [5, 5.41) is 21.8. The van der Waals surface area contributed by atoms with Gasteiger partial charge in [0.15, 0.2) is 6.04 Å². The molecule has 1 unspecified atom stereocenters. The zero-order valence-electron chi connectivity index (χ0n) is 9.80. The molecule has 0 aromatic rings. The van der Waals surface area contributed by atoms with Crippen molar-refractivity contribution in [1.82, 2.24) is 10.6 Å². The number of urea groups is 1. The first-order valence-electron chi connectivity index (χ1n) is 4.94. The summed E-state index contributed by atoms with van der Waals surface area (Å²) in [4.78, 5) is 21.8. The van der Waals surface area contributed by atoms with Crippen LogP contribution >= 0.6 is 0 Å². The summed E-state index contributed by atoms with van der Waals surface area (Å²) in [5.41, 5.74) is 0. The predicted octanol–water partition coefficient (Wildman–Crippen LogP) is -1.61. The SMILES string of the molecule is COCC(CNC(=O)N[C@@H](CO)C(=O)O)OC. The van der Waals surface area contributed by atoms with E-state index in [2.05, 4.69) is 10.6 Å². The van der Waals surface area contributed by atoms with Crippen molar-refractivity contribution in [3.05, 3.63) is 0 Å². The van der Waals surface area contributed by atoms with Crippen LogP contribution in [0.1, 0.15) is 0 Å². The number of carbonyl (C=O) groups is 2. The summed E-state index contributed by atoms with van der Waals surface area (Å²) in [6.45, 7) is -0.193. The third-order valence-corrected chi connectivity index (χ3v) is 1.96. The molecular formula is C9H18N2O6. The van der Waals surface area contributed by atoms with E-state index in [1.807, 2.05) is 0 Å².